The van der Waals surface area contributed by atoms with Gasteiger partial charge in [-0.3, -0.25) is 14.6 Å². The summed E-state index contributed by atoms with van der Waals surface area (Å²) < 4.78 is 0. The van der Waals surface area contributed by atoms with Crippen LogP contribution in [0.5, 0.6) is 0 Å². The molecule has 2 amide bonds. The van der Waals surface area contributed by atoms with Gasteiger partial charge in [-0.2, -0.15) is 0 Å². The molecular formula is C20H16ClN3O2S. The van der Waals surface area contributed by atoms with Gasteiger partial charge < -0.3 is 10.6 Å². The van der Waals surface area contributed by atoms with E-state index in [9.17, 15) is 9.59 Å². The largest absolute Gasteiger partial charge is 0.321 e. The highest BCUT2D eigenvalue weighted by atomic mass is 35.5. The van der Waals surface area contributed by atoms with Gasteiger partial charge in [0.1, 0.15) is 0 Å². The highest BCUT2D eigenvalue weighted by Gasteiger charge is 2.32. The molecule has 2 aromatic heterocycles. The molecule has 1 aromatic carbocycles. The second-order valence-electron chi connectivity index (χ2n) is 6.35. The smallest absolute Gasteiger partial charge is 0.266 e. The third-order valence-corrected chi connectivity index (χ3v) is 6.05. The van der Waals surface area contributed by atoms with E-state index in [0.29, 0.717) is 22.0 Å². The first kappa shape index (κ1) is 17.7. The molecular weight excluding hydrogens is 382 g/mol. The van der Waals surface area contributed by atoms with Crippen molar-refractivity contribution in [3.63, 3.8) is 0 Å². The number of nitrogens with zero attached hydrogens (tertiary/aromatic N) is 1. The van der Waals surface area contributed by atoms with Gasteiger partial charge in [0.15, 0.2) is 0 Å². The van der Waals surface area contributed by atoms with Crippen LogP contribution < -0.4 is 10.6 Å². The van der Waals surface area contributed by atoms with Gasteiger partial charge in [0.05, 0.1) is 9.88 Å². The first-order valence-corrected chi connectivity index (χ1v) is 9.62. The minimum absolute atomic E-state index is 0.0535. The van der Waals surface area contributed by atoms with Gasteiger partial charge in [0.2, 0.25) is 5.91 Å². The fraction of sp³-hybridized carbons (Fsp3) is 0.150. The van der Waals surface area contributed by atoms with Crippen molar-refractivity contribution in [2.45, 2.75) is 19.3 Å². The molecule has 3 heterocycles. The number of fused-ring (bicyclic) bond motifs is 1. The van der Waals surface area contributed by atoms with E-state index in [4.69, 9.17) is 11.6 Å². The molecule has 7 heteroatoms. The lowest BCUT2D eigenvalue weighted by Gasteiger charge is -2.23. The van der Waals surface area contributed by atoms with Crippen LogP contribution in [0.2, 0.25) is 5.02 Å². The van der Waals surface area contributed by atoms with E-state index in [1.165, 1.54) is 11.3 Å². The van der Waals surface area contributed by atoms with E-state index in [0.717, 1.165) is 21.7 Å². The Kier molecular flexibility index (Phi) is 4.68. The van der Waals surface area contributed by atoms with Gasteiger partial charge in [0, 0.05) is 35.4 Å². The maximum Gasteiger partial charge on any atom is 0.266 e. The fourth-order valence-electron chi connectivity index (χ4n) is 3.31. The summed E-state index contributed by atoms with van der Waals surface area (Å²) in [7, 11) is 0. The number of nitrogens with one attached hydrogen (secondary N) is 2. The van der Waals surface area contributed by atoms with Crippen molar-refractivity contribution in [2.24, 2.45) is 0 Å². The Balaban J connectivity index is 1.69. The predicted octanol–water partition coefficient (Wildman–Crippen LogP) is 4.83. The second kappa shape index (κ2) is 7.13. The number of pyridine rings is 1. The van der Waals surface area contributed by atoms with Crippen molar-refractivity contribution in [2.75, 3.05) is 10.6 Å². The molecule has 0 aliphatic carbocycles. The van der Waals surface area contributed by atoms with Gasteiger partial charge in [-0.05, 0) is 53.9 Å². The number of aromatic nitrogens is 1. The SMILES string of the molecule is Cc1c(C(=O)Nc2ccc(Cl)cc2)sc2c1C(c1cccnc1)CC(=O)N2. The number of carbonyl (C=O) groups is 2. The Morgan fingerprint density at radius 1 is 1.30 bits per heavy atom. The summed E-state index contributed by atoms with van der Waals surface area (Å²) >= 11 is 7.20. The number of thiophene rings is 1. The monoisotopic (exact) mass is 397 g/mol. The molecule has 1 aliphatic heterocycles. The number of amides is 2. The molecule has 1 atom stereocenters. The van der Waals surface area contributed by atoms with E-state index in [1.54, 1.807) is 36.7 Å². The topological polar surface area (TPSA) is 71.1 Å². The number of anilines is 2. The third-order valence-electron chi connectivity index (χ3n) is 4.58. The number of rotatable bonds is 3. The minimum Gasteiger partial charge on any atom is -0.321 e. The van der Waals surface area contributed by atoms with Crippen LogP contribution in [0, 0.1) is 6.92 Å². The summed E-state index contributed by atoms with van der Waals surface area (Å²) in [5, 5.41) is 7.14. The second-order valence-corrected chi connectivity index (χ2v) is 7.81. The lowest BCUT2D eigenvalue weighted by molar-refractivity contribution is -0.116. The first-order chi connectivity index (χ1) is 13.0. The van der Waals surface area contributed by atoms with E-state index >= 15 is 0 Å². The van der Waals surface area contributed by atoms with Crippen molar-refractivity contribution in [1.82, 2.24) is 4.98 Å². The predicted molar refractivity (Wildman–Crippen MR) is 108 cm³/mol. The van der Waals surface area contributed by atoms with Gasteiger partial charge in [-0.1, -0.05) is 17.7 Å². The highest BCUT2D eigenvalue weighted by molar-refractivity contribution is 7.18. The van der Waals surface area contributed by atoms with Crippen molar-refractivity contribution < 1.29 is 9.59 Å². The van der Waals surface area contributed by atoms with Gasteiger partial charge in [-0.25, -0.2) is 0 Å². The zero-order valence-electron chi connectivity index (χ0n) is 14.5. The molecule has 3 aromatic rings. The maximum absolute atomic E-state index is 12.8. The van der Waals surface area contributed by atoms with E-state index in [-0.39, 0.29) is 17.7 Å². The molecule has 27 heavy (non-hydrogen) atoms. The van der Waals surface area contributed by atoms with Gasteiger partial charge in [0.25, 0.3) is 5.91 Å². The van der Waals surface area contributed by atoms with Crippen LogP contribution in [0.3, 0.4) is 0 Å². The van der Waals surface area contributed by atoms with Crippen molar-refractivity contribution in [3.05, 3.63) is 75.4 Å². The molecule has 5 nitrogen and oxygen atoms in total. The molecule has 1 aliphatic rings. The third kappa shape index (κ3) is 3.46. The van der Waals surface area contributed by atoms with Crippen LogP contribution in [0.25, 0.3) is 0 Å². The molecule has 0 saturated carbocycles. The Hall–Kier alpha value is -2.70. The lowest BCUT2D eigenvalue weighted by Crippen LogP contribution is -2.22. The summed E-state index contributed by atoms with van der Waals surface area (Å²) in [5.41, 5.74) is 3.52. The molecule has 0 fully saturated rings. The summed E-state index contributed by atoms with van der Waals surface area (Å²) in [6, 6.07) is 10.8. The van der Waals surface area contributed by atoms with Crippen molar-refractivity contribution in [3.8, 4) is 0 Å². The average molecular weight is 398 g/mol. The zero-order chi connectivity index (χ0) is 19.0. The molecule has 2 N–H and O–H groups in total. The van der Waals surface area contributed by atoms with Crippen molar-refractivity contribution in [1.29, 1.82) is 0 Å². The fourth-order valence-corrected chi connectivity index (χ4v) is 4.62. The Bertz CT molecular complexity index is 1020. The summed E-state index contributed by atoms with van der Waals surface area (Å²) in [5.74, 6) is -0.355. The van der Waals surface area contributed by atoms with Crippen LogP contribution in [0.15, 0.2) is 48.8 Å². The van der Waals surface area contributed by atoms with Crippen LogP contribution in [0.4, 0.5) is 10.7 Å². The molecule has 136 valence electrons. The molecule has 4 rings (SSSR count). The average Bonchev–Trinajstić information content (AvgIpc) is 3.00. The zero-order valence-corrected chi connectivity index (χ0v) is 16.0. The van der Waals surface area contributed by atoms with E-state index in [2.05, 4.69) is 15.6 Å². The van der Waals surface area contributed by atoms with Crippen LogP contribution in [-0.2, 0) is 4.79 Å². The quantitative estimate of drug-likeness (QED) is 0.664. The minimum atomic E-state index is -0.201. The normalized spacial score (nSPS) is 15.8. The molecule has 1 unspecified atom stereocenters. The Labute approximate surface area is 165 Å². The summed E-state index contributed by atoms with van der Waals surface area (Å²) in [6.07, 6.45) is 3.82. The Morgan fingerprint density at radius 3 is 2.78 bits per heavy atom. The van der Waals surface area contributed by atoms with Gasteiger partial charge >= 0.3 is 0 Å². The number of benzene rings is 1. The molecule has 0 spiro atoms. The van der Waals surface area contributed by atoms with Crippen LogP contribution >= 0.6 is 22.9 Å². The van der Waals surface area contributed by atoms with Gasteiger partial charge in [-0.15, -0.1) is 11.3 Å². The van der Waals surface area contributed by atoms with Crippen molar-refractivity contribution >= 4 is 45.4 Å². The number of hydrogen-bond donors (Lipinski definition) is 2. The highest BCUT2D eigenvalue weighted by Crippen LogP contribution is 2.45. The molecule has 0 radical (unpaired) electrons. The van der Waals surface area contributed by atoms with E-state index in [1.807, 2.05) is 19.1 Å². The summed E-state index contributed by atoms with van der Waals surface area (Å²) in [4.78, 5) is 29.8. The standard InChI is InChI=1S/C20H16ClN3O2S/c1-11-17-15(12-3-2-8-22-10-12)9-16(25)24-20(17)27-18(11)19(26)23-14-6-4-13(21)5-7-14/h2-8,10,15H,9H2,1H3,(H,23,26)(H,24,25). The number of hydrogen-bond acceptors (Lipinski definition) is 4. The number of halogens is 1. The molecule has 0 bridgehead atoms. The lowest BCUT2D eigenvalue weighted by atomic mass is 9.85. The van der Waals surface area contributed by atoms with Crippen LogP contribution in [0.1, 0.15) is 38.7 Å². The van der Waals surface area contributed by atoms with E-state index < -0.39 is 0 Å². The molecule has 0 saturated heterocycles. The maximum atomic E-state index is 12.8. The number of carbonyl (C=O) groups excluding carboxylic acids is 2. The Morgan fingerprint density at radius 2 is 2.07 bits per heavy atom. The summed E-state index contributed by atoms with van der Waals surface area (Å²) in [6.45, 7) is 1.92. The van der Waals surface area contributed by atoms with Crippen LogP contribution in [-0.4, -0.2) is 16.8 Å². The first-order valence-electron chi connectivity index (χ1n) is 8.43.